The van der Waals surface area contributed by atoms with E-state index in [4.69, 9.17) is 0 Å². The highest BCUT2D eigenvalue weighted by Crippen LogP contribution is 2.26. The zero-order valence-corrected chi connectivity index (χ0v) is 9.58. The number of hydrogen-bond acceptors (Lipinski definition) is 4. The summed E-state index contributed by atoms with van der Waals surface area (Å²) >= 11 is 0. The van der Waals surface area contributed by atoms with Gasteiger partial charge in [-0.25, -0.2) is 9.97 Å². The molecule has 0 bridgehead atoms. The van der Waals surface area contributed by atoms with Crippen molar-refractivity contribution in [1.82, 2.24) is 25.1 Å². The molecule has 0 radical (unpaired) electrons. The van der Waals surface area contributed by atoms with Gasteiger partial charge in [0.2, 0.25) is 0 Å². The molecule has 2 aromatic heterocycles. The molecule has 0 unspecified atom stereocenters. The van der Waals surface area contributed by atoms with Gasteiger partial charge in [0.15, 0.2) is 0 Å². The highest BCUT2D eigenvalue weighted by molar-refractivity contribution is 5.10. The van der Waals surface area contributed by atoms with Crippen molar-refractivity contribution in [2.45, 2.75) is 18.9 Å². The van der Waals surface area contributed by atoms with E-state index in [1.54, 1.807) is 6.33 Å². The summed E-state index contributed by atoms with van der Waals surface area (Å²) < 4.78 is 0. The SMILES string of the molecule is c1ncc(CN2CC[C@H](c3ccn[nH]3)C2)cn1. The number of aromatic nitrogens is 4. The van der Waals surface area contributed by atoms with Gasteiger partial charge in [0.25, 0.3) is 0 Å². The van der Waals surface area contributed by atoms with Crippen LogP contribution < -0.4 is 0 Å². The third-order valence-corrected chi connectivity index (χ3v) is 3.25. The summed E-state index contributed by atoms with van der Waals surface area (Å²) in [4.78, 5) is 10.5. The Balaban J connectivity index is 1.61. The molecule has 0 saturated carbocycles. The molecular weight excluding hydrogens is 214 g/mol. The molecule has 0 aromatic carbocycles. The minimum absolute atomic E-state index is 0.585. The average Bonchev–Trinajstić information content (AvgIpc) is 3.00. The minimum atomic E-state index is 0.585. The molecule has 3 heterocycles. The smallest absolute Gasteiger partial charge is 0.115 e. The second-order valence-electron chi connectivity index (χ2n) is 4.48. The molecule has 0 amide bonds. The van der Waals surface area contributed by atoms with Gasteiger partial charge >= 0.3 is 0 Å². The molecule has 1 saturated heterocycles. The molecule has 1 aliphatic heterocycles. The van der Waals surface area contributed by atoms with E-state index < -0.39 is 0 Å². The second kappa shape index (κ2) is 4.63. The van der Waals surface area contributed by atoms with Crippen LogP contribution in [0.2, 0.25) is 0 Å². The first kappa shape index (κ1) is 10.4. The monoisotopic (exact) mass is 229 g/mol. The summed E-state index contributed by atoms with van der Waals surface area (Å²) in [7, 11) is 0. The van der Waals surface area contributed by atoms with Crippen molar-refractivity contribution in [3.63, 3.8) is 0 Å². The number of aromatic amines is 1. The third-order valence-electron chi connectivity index (χ3n) is 3.25. The van der Waals surface area contributed by atoms with Gasteiger partial charge in [-0.15, -0.1) is 0 Å². The first-order valence-corrected chi connectivity index (χ1v) is 5.87. The summed E-state index contributed by atoms with van der Waals surface area (Å²) in [6.07, 6.45) is 8.35. The van der Waals surface area contributed by atoms with E-state index >= 15 is 0 Å². The van der Waals surface area contributed by atoms with Crippen molar-refractivity contribution in [2.24, 2.45) is 0 Å². The van der Waals surface area contributed by atoms with Crippen LogP contribution in [0.5, 0.6) is 0 Å². The Bertz CT molecular complexity index is 453. The van der Waals surface area contributed by atoms with Gasteiger partial charge < -0.3 is 0 Å². The summed E-state index contributed by atoms with van der Waals surface area (Å²) in [5, 5.41) is 7.07. The van der Waals surface area contributed by atoms with Gasteiger partial charge in [0.05, 0.1) is 0 Å². The fourth-order valence-corrected chi connectivity index (χ4v) is 2.39. The van der Waals surface area contributed by atoms with E-state index in [0.29, 0.717) is 5.92 Å². The summed E-state index contributed by atoms with van der Waals surface area (Å²) in [5.41, 5.74) is 2.43. The van der Waals surface area contributed by atoms with Crippen LogP contribution in [-0.2, 0) is 6.54 Å². The fraction of sp³-hybridized carbons (Fsp3) is 0.417. The topological polar surface area (TPSA) is 57.7 Å². The Kier molecular flexibility index (Phi) is 2.83. The first-order chi connectivity index (χ1) is 8.42. The zero-order chi connectivity index (χ0) is 11.5. The number of rotatable bonds is 3. The lowest BCUT2D eigenvalue weighted by molar-refractivity contribution is 0.325. The van der Waals surface area contributed by atoms with E-state index in [2.05, 4.69) is 31.1 Å². The van der Waals surface area contributed by atoms with Crippen molar-refractivity contribution in [3.8, 4) is 0 Å². The summed E-state index contributed by atoms with van der Waals surface area (Å²) in [5.74, 6) is 0.585. The summed E-state index contributed by atoms with van der Waals surface area (Å²) in [6, 6.07) is 2.07. The van der Waals surface area contributed by atoms with Gasteiger partial charge in [-0.3, -0.25) is 10.00 Å². The van der Waals surface area contributed by atoms with Crippen LogP contribution in [0.3, 0.4) is 0 Å². The van der Waals surface area contributed by atoms with E-state index in [0.717, 1.165) is 19.6 Å². The predicted octanol–water partition coefficient (Wildman–Crippen LogP) is 1.19. The lowest BCUT2D eigenvalue weighted by Gasteiger charge is -2.14. The van der Waals surface area contributed by atoms with Gasteiger partial charge in [-0.05, 0) is 19.0 Å². The van der Waals surface area contributed by atoms with Gasteiger partial charge in [-0.2, -0.15) is 5.10 Å². The highest BCUT2D eigenvalue weighted by atomic mass is 15.2. The van der Waals surface area contributed by atoms with Crippen LogP contribution in [0.4, 0.5) is 0 Å². The Morgan fingerprint density at radius 3 is 3.00 bits per heavy atom. The van der Waals surface area contributed by atoms with Crippen LogP contribution in [0.25, 0.3) is 0 Å². The molecule has 1 aliphatic rings. The highest BCUT2D eigenvalue weighted by Gasteiger charge is 2.24. The number of likely N-dealkylation sites (tertiary alicyclic amines) is 1. The van der Waals surface area contributed by atoms with Crippen molar-refractivity contribution in [3.05, 3.63) is 42.2 Å². The molecule has 5 heteroatoms. The van der Waals surface area contributed by atoms with Crippen LogP contribution in [0.15, 0.2) is 31.0 Å². The van der Waals surface area contributed by atoms with Crippen LogP contribution >= 0.6 is 0 Å². The molecule has 2 aromatic rings. The molecule has 5 nitrogen and oxygen atoms in total. The molecule has 0 spiro atoms. The van der Waals surface area contributed by atoms with Crippen molar-refractivity contribution in [1.29, 1.82) is 0 Å². The maximum Gasteiger partial charge on any atom is 0.115 e. The van der Waals surface area contributed by atoms with Crippen molar-refractivity contribution in [2.75, 3.05) is 13.1 Å². The molecule has 88 valence electrons. The lowest BCUT2D eigenvalue weighted by Crippen LogP contribution is -2.20. The summed E-state index contributed by atoms with van der Waals surface area (Å²) in [6.45, 7) is 3.14. The van der Waals surface area contributed by atoms with E-state index in [1.165, 1.54) is 17.7 Å². The number of nitrogens with zero attached hydrogens (tertiary/aromatic N) is 4. The minimum Gasteiger partial charge on any atom is -0.298 e. The predicted molar refractivity (Wildman–Crippen MR) is 63.3 cm³/mol. The quantitative estimate of drug-likeness (QED) is 0.859. The zero-order valence-electron chi connectivity index (χ0n) is 9.58. The molecule has 1 fully saturated rings. The Labute approximate surface area is 99.9 Å². The Morgan fingerprint density at radius 2 is 2.24 bits per heavy atom. The maximum atomic E-state index is 4.04. The largest absolute Gasteiger partial charge is 0.298 e. The van der Waals surface area contributed by atoms with Crippen molar-refractivity contribution >= 4 is 0 Å². The first-order valence-electron chi connectivity index (χ1n) is 5.87. The van der Waals surface area contributed by atoms with Crippen LogP contribution in [0.1, 0.15) is 23.6 Å². The average molecular weight is 229 g/mol. The van der Waals surface area contributed by atoms with E-state index in [9.17, 15) is 0 Å². The molecular formula is C12H15N5. The molecule has 1 N–H and O–H groups in total. The third kappa shape index (κ3) is 2.34. The fourth-order valence-electron chi connectivity index (χ4n) is 2.39. The van der Waals surface area contributed by atoms with E-state index in [-0.39, 0.29) is 0 Å². The molecule has 1 atom stereocenters. The molecule has 3 rings (SSSR count). The van der Waals surface area contributed by atoms with Gasteiger partial charge in [0.1, 0.15) is 6.33 Å². The number of hydrogen-bond donors (Lipinski definition) is 1. The normalized spacial score (nSPS) is 20.8. The van der Waals surface area contributed by atoms with Crippen LogP contribution in [0, 0.1) is 0 Å². The van der Waals surface area contributed by atoms with Gasteiger partial charge in [-0.1, -0.05) is 0 Å². The van der Waals surface area contributed by atoms with Gasteiger partial charge in [0, 0.05) is 48.9 Å². The standard InChI is InChI=1S/C12H15N5/c1-3-15-16-12(1)11-2-4-17(8-11)7-10-5-13-9-14-6-10/h1,3,5-6,9,11H,2,4,7-8H2,(H,15,16)/t11-/m0/s1. The number of H-pyrrole nitrogens is 1. The molecule has 17 heavy (non-hydrogen) atoms. The number of nitrogens with one attached hydrogen (secondary N) is 1. The molecule has 0 aliphatic carbocycles. The van der Waals surface area contributed by atoms with E-state index in [1.807, 2.05) is 18.6 Å². The second-order valence-corrected chi connectivity index (χ2v) is 4.48. The van der Waals surface area contributed by atoms with Crippen LogP contribution in [-0.4, -0.2) is 38.2 Å². The maximum absolute atomic E-state index is 4.04. The Morgan fingerprint density at radius 1 is 1.35 bits per heavy atom. The lowest BCUT2D eigenvalue weighted by atomic mass is 10.1. The van der Waals surface area contributed by atoms with Crippen molar-refractivity contribution < 1.29 is 0 Å². The Hall–Kier alpha value is -1.75.